The molecule has 0 saturated carbocycles. The van der Waals surface area contributed by atoms with Crippen LogP contribution < -0.4 is 10.1 Å². The molecule has 4 aromatic rings. The van der Waals surface area contributed by atoms with Crippen LogP contribution in [0.2, 0.25) is 5.02 Å². The predicted molar refractivity (Wildman–Crippen MR) is 136 cm³/mol. The van der Waals surface area contributed by atoms with Crippen molar-refractivity contribution in [2.75, 3.05) is 12.3 Å². The number of rotatable bonds is 11. The summed E-state index contributed by atoms with van der Waals surface area (Å²) in [6.07, 6.45) is 1.00. The topological polar surface area (TPSA) is 64.9 Å². The maximum atomic E-state index is 6.03. The smallest absolute Gasteiger partial charge is 0.214 e. The molecule has 9 heteroatoms. The molecule has 4 rings (SSSR count). The molecule has 1 N–H and O–H groups in total. The van der Waals surface area contributed by atoms with Gasteiger partial charge in [0.2, 0.25) is 5.16 Å². The van der Waals surface area contributed by atoms with Crippen molar-refractivity contribution in [2.45, 2.75) is 24.7 Å². The number of aromatic nitrogens is 4. The third kappa shape index (κ3) is 7.47. The fourth-order valence-electron chi connectivity index (χ4n) is 3.12. The van der Waals surface area contributed by atoms with Gasteiger partial charge in [-0.3, -0.25) is 0 Å². The lowest BCUT2D eigenvalue weighted by atomic mass is 10.2. The first kappa shape index (κ1) is 25.1. The molecule has 0 bridgehead atoms. The Morgan fingerprint density at radius 2 is 1.70 bits per heavy atom. The molecule has 3 aromatic carbocycles. The van der Waals surface area contributed by atoms with E-state index in [1.807, 2.05) is 72.8 Å². The van der Waals surface area contributed by atoms with Gasteiger partial charge in [-0.2, -0.15) is 4.68 Å². The summed E-state index contributed by atoms with van der Waals surface area (Å²) >= 11 is 7.61. The number of ether oxygens (including phenoxy) is 1. The van der Waals surface area contributed by atoms with Crippen LogP contribution in [-0.2, 0) is 13.2 Å². The molecule has 33 heavy (non-hydrogen) atoms. The maximum Gasteiger partial charge on any atom is 0.214 e. The number of nitrogens with zero attached hydrogens (tertiary/aromatic N) is 4. The maximum absolute atomic E-state index is 6.03. The van der Waals surface area contributed by atoms with Gasteiger partial charge in [0.1, 0.15) is 12.4 Å². The standard InChI is InChI=1S/C24H24ClN5OS.ClH/c25-21-13-11-19(12-14-21)18-31-23-10-5-4-7-20(23)17-26-15-6-16-32-24-27-28-29-30(24)22-8-2-1-3-9-22;/h1-5,7-14,26H,6,15-18H2;1H. The molecule has 0 aliphatic carbocycles. The number of benzene rings is 3. The molecule has 0 spiro atoms. The first-order chi connectivity index (χ1) is 15.8. The second-order valence-electron chi connectivity index (χ2n) is 7.11. The average Bonchev–Trinajstić information content (AvgIpc) is 3.31. The van der Waals surface area contributed by atoms with E-state index in [0.29, 0.717) is 6.61 Å². The Bertz CT molecular complexity index is 1110. The van der Waals surface area contributed by atoms with Crippen molar-refractivity contribution in [2.24, 2.45) is 0 Å². The molecule has 6 nitrogen and oxygen atoms in total. The summed E-state index contributed by atoms with van der Waals surface area (Å²) in [5.41, 5.74) is 3.20. The minimum atomic E-state index is 0. The monoisotopic (exact) mass is 501 g/mol. The lowest BCUT2D eigenvalue weighted by Crippen LogP contribution is -2.16. The number of thioether (sulfide) groups is 1. The number of nitrogens with one attached hydrogen (secondary N) is 1. The van der Waals surface area contributed by atoms with Crippen LogP contribution >= 0.6 is 35.8 Å². The van der Waals surface area contributed by atoms with Gasteiger partial charge in [0.25, 0.3) is 0 Å². The molecule has 0 amide bonds. The second-order valence-corrected chi connectivity index (χ2v) is 8.61. The number of hydrogen-bond donors (Lipinski definition) is 1. The summed E-state index contributed by atoms with van der Waals surface area (Å²) in [6.45, 7) is 2.16. The van der Waals surface area contributed by atoms with Gasteiger partial charge in [0, 0.05) is 22.9 Å². The van der Waals surface area contributed by atoms with Crippen LogP contribution in [0.15, 0.2) is 84.0 Å². The van der Waals surface area contributed by atoms with Crippen LogP contribution in [0, 0.1) is 0 Å². The first-order valence-corrected chi connectivity index (χ1v) is 11.8. The number of hydrogen-bond acceptors (Lipinski definition) is 6. The molecule has 0 radical (unpaired) electrons. The van der Waals surface area contributed by atoms with Crippen molar-refractivity contribution >= 4 is 35.8 Å². The Labute approximate surface area is 209 Å². The largest absolute Gasteiger partial charge is 0.489 e. The highest BCUT2D eigenvalue weighted by Gasteiger charge is 2.08. The van der Waals surface area contributed by atoms with E-state index in [1.54, 1.807) is 16.4 Å². The number of para-hydroxylation sites is 2. The minimum Gasteiger partial charge on any atom is -0.489 e. The fraction of sp³-hybridized carbons (Fsp3) is 0.208. The summed E-state index contributed by atoms with van der Waals surface area (Å²) in [7, 11) is 0. The van der Waals surface area contributed by atoms with E-state index >= 15 is 0 Å². The lowest BCUT2D eigenvalue weighted by Gasteiger charge is -2.12. The van der Waals surface area contributed by atoms with Crippen LogP contribution in [-0.4, -0.2) is 32.5 Å². The third-order valence-electron chi connectivity index (χ3n) is 4.77. The molecule has 0 saturated heterocycles. The summed E-state index contributed by atoms with van der Waals surface area (Å²) < 4.78 is 7.80. The summed E-state index contributed by atoms with van der Waals surface area (Å²) in [5, 5.41) is 17.1. The first-order valence-electron chi connectivity index (χ1n) is 10.4. The highest BCUT2D eigenvalue weighted by molar-refractivity contribution is 7.99. The van der Waals surface area contributed by atoms with Crippen molar-refractivity contribution in [3.8, 4) is 11.4 Å². The van der Waals surface area contributed by atoms with Crippen molar-refractivity contribution in [3.05, 3.63) is 95.0 Å². The van der Waals surface area contributed by atoms with E-state index in [4.69, 9.17) is 16.3 Å². The van der Waals surface area contributed by atoms with Crippen LogP contribution in [0.4, 0.5) is 0 Å². The molecule has 172 valence electrons. The summed E-state index contributed by atoms with van der Waals surface area (Å²) in [6, 6.07) is 25.8. The van der Waals surface area contributed by atoms with Gasteiger partial charge in [-0.05, 0) is 59.3 Å². The number of tetrazole rings is 1. The lowest BCUT2D eigenvalue weighted by molar-refractivity contribution is 0.302. The second kappa shape index (κ2) is 13.2. The van der Waals surface area contributed by atoms with E-state index in [2.05, 4.69) is 26.9 Å². The third-order valence-corrected chi connectivity index (χ3v) is 6.02. The van der Waals surface area contributed by atoms with Crippen molar-refractivity contribution < 1.29 is 4.74 Å². The molecule has 0 aliphatic rings. The van der Waals surface area contributed by atoms with E-state index < -0.39 is 0 Å². The van der Waals surface area contributed by atoms with Gasteiger partial charge in [-0.1, -0.05) is 71.9 Å². The molecule has 1 aromatic heterocycles. The number of halogens is 2. The molecule has 0 unspecified atom stereocenters. The van der Waals surface area contributed by atoms with Crippen molar-refractivity contribution in [1.29, 1.82) is 0 Å². The highest BCUT2D eigenvalue weighted by atomic mass is 35.5. The zero-order valence-corrected chi connectivity index (χ0v) is 20.3. The molecule has 0 atom stereocenters. The van der Waals surface area contributed by atoms with Gasteiger partial charge >= 0.3 is 0 Å². The zero-order chi connectivity index (χ0) is 22.0. The zero-order valence-electron chi connectivity index (χ0n) is 17.9. The molecule has 0 aliphatic heterocycles. The SMILES string of the molecule is Cl.Clc1ccc(COc2ccccc2CNCCCSc2nnnn2-c2ccccc2)cc1. The van der Waals surface area contributed by atoms with Crippen LogP contribution in [0.3, 0.4) is 0 Å². The average molecular weight is 502 g/mol. The molecular weight excluding hydrogens is 477 g/mol. The van der Waals surface area contributed by atoms with Gasteiger partial charge in [-0.25, -0.2) is 0 Å². The predicted octanol–water partition coefficient (Wildman–Crippen LogP) is 5.59. The van der Waals surface area contributed by atoms with Gasteiger partial charge in [0.05, 0.1) is 5.69 Å². The fourth-order valence-corrected chi connectivity index (χ4v) is 4.07. The Morgan fingerprint density at radius 1 is 0.939 bits per heavy atom. The van der Waals surface area contributed by atoms with Gasteiger partial charge in [-0.15, -0.1) is 17.5 Å². The van der Waals surface area contributed by atoms with Gasteiger partial charge in [0.15, 0.2) is 0 Å². The molecule has 1 heterocycles. The van der Waals surface area contributed by atoms with Crippen molar-refractivity contribution in [3.63, 3.8) is 0 Å². The molecular formula is C24H25Cl2N5OS. The van der Waals surface area contributed by atoms with Crippen LogP contribution in [0.5, 0.6) is 5.75 Å². The van der Waals surface area contributed by atoms with Crippen LogP contribution in [0.1, 0.15) is 17.5 Å². The van der Waals surface area contributed by atoms with E-state index in [-0.39, 0.29) is 12.4 Å². The molecule has 0 fully saturated rings. The minimum absolute atomic E-state index is 0. The van der Waals surface area contributed by atoms with E-state index in [1.165, 1.54) is 0 Å². The Kier molecular flexibility index (Phi) is 10.0. The normalized spacial score (nSPS) is 10.6. The summed E-state index contributed by atoms with van der Waals surface area (Å²) in [5.74, 6) is 1.82. The van der Waals surface area contributed by atoms with Crippen LogP contribution in [0.25, 0.3) is 5.69 Å². The Balaban J connectivity index is 0.00000306. The van der Waals surface area contributed by atoms with E-state index in [9.17, 15) is 0 Å². The quantitative estimate of drug-likeness (QED) is 0.213. The Morgan fingerprint density at radius 3 is 2.52 bits per heavy atom. The van der Waals surface area contributed by atoms with Gasteiger partial charge < -0.3 is 10.1 Å². The van der Waals surface area contributed by atoms with Crippen molar-refractivity contribution in [1.82, 2.24) is 25.5 Å². The highest BCUT2D eigenvalue weighted by Crippen LogP contribution is 2.21. The Hall–Kier alpha value is -2.58. The summed E-state index contributed by atoms with van der Waals surface area (Å²) in [4.78, 5) is 0. The van der Waals surface area contributed by atoms with E-state index in [0.717, 1.165) is 58.0 Å².